The van der Waals surface area contributed by atoms with Crippen LogP contribution < -0.4 is 10.6 Å². The molecule has 0 bridgehead atoms. The molecule has 1 atom stereocenters. The van der Waals surface area contributed by atoms with Gasteiger partial charge in [-0.05, 0) is 25.5 Å². The third-order valence-electron chi connectivity index (χ3n) is 3.57. The Morgan fingerprint density at radius 2 is 2.05 bits per heavy atom. The molecule has 1 aromatic rings. The Balaban J connectivity index is 2.45. The Kier molecular flexibility index (Phi) is 3.32. The summed E-state index contributed by atoms with van der Waals surface area (Å²) in [5, 5.41) is 9.32. The minimum absolute atomic E-state index is 0.177. The van der Waals surface area contributed by atoms with E-state index in [2.05, 4.69) is 0 Å². The van der Waals surface area contributed by atoms with Crippen LogP contribution in [0.25, 0.3) is 0 Å². The van der Waals surface area contributed by atoms with E-state index in [4.69, 9.17) is 5.73 Å². The zero-order valence-electron chi connectivity index (χ0n) is 11.1. The number of carbonyl (C=O) groups excluding carboxylic acids is 1. The molecule has 19 heavy (non-hydrogen) atoms. The number of fused-ring (bicyclic) bond motifs is 1. The monoisotopic (exact) mass is 262 g/mol. The van der Waals surface area contributed by atoms with E-state index in [1.807, 2.05) is 12.1 Å². The van der Waals surface area contributed by atoms with Crippen LogP contribution in [0.2, 0.25) is 0 Å². The lowest BCUT2D eigenvalue weighted by Crippen LogP contribution is -2.50. The number of hydrogen-bond acceptors (Lipinski definition) is 3. The molecule has 1 aliphatic rings. The molecule has 0 aromatic heterocycles. The second-order valence-corrected chi connectivity index (χ2v) is 5.45. The van der Waals surface area contributed by atoms with Gasteiger partial charge in [-0.2, -0.15) is 0 Å². The van der Waals surface area contributed by atoms with Gasteiger partial charge in [-0.15, -0.1) is 0 Å². The highest BCUT2D eigenvalue weighted by atomic mass is 16.4. The van der Waals surface area contributed by atoms with Gasteiger partial charge in [0.25, 0.3) is 0 Å². The zero-order valence-corrected chi connectivity index (χ0v) is 11.1. The first-order valence-electron chi connectivity index (χ1n) is 6.23. The third kappa shape index (κ3) is 2.21. The smallest absolute Gasteiger partial charge is 0.327 e. The summed E-state index contributed by atoms with van der Waals surface area (Å²) < 4.78 is 0. The predicted octanol–water partition coefficient (Wildman–Crippen LogP) is 1.01. The number of benzene rings is 1. The Labute approximate surface area is 112 Å². The number of carboxylic acid groups (broad SMARTS) is 1. The number of nitrogens with two attached hydrogens (primary N) is 1. The molecule has 0 saturated heterocycles. The van der Waals surface area contributed by atoms with Gasteiger partial charge in [-0.25, -0.2) is 4.79 Å². The van der Waals surface area contributed by atoms with Crippen molar-refractivity contribution in [2.75, 3.05) is 11.4 Å². The van der Waals surface area contributed by atoms with Crippen molar-refractivity contribution in [2.45, 2.75) is 26.3 Å². The predicted molar refractivity (Wildman–Crippen MR) is 71.9 cm³/mol. The number of aliphatic carboxylic acids is 1. The Bertz CT molecular complexity index is 525. The second kappa shape index (κ2) is 4.66. The van der Waals surface area contributed by atoms with Crippen LogP contribution in [0.5, 0.6) is 0 Å². The van der Waals surface area contributed by atoms with Crippen LogP contribution in [-0.2, 0) is 16.0 Å². The molecule has 3 N–H and O–H groups in total. The highest BCUT2D eigenvalue weighted by Gasteiger charge is 2.42. The summed E-state index contributed by atoms with van der Waals surface area (Å²) in [7, 11) is 0. The number of carbonyl (C=O) groups is 2. The van der Waals surface area contributed by atoms with Crippen molar-refractivity contribution in [1.29, 1.82) is 0 Å². The molecular formula is C14H18N2O3. The third-order valence-corrected chi connectivity index (χ3v) is 3.57. The first kappa shape index (κ1) is 13.5. The lowest BCUT2D eigenvalue weighted by atomic mass is 9.91. The molecule has 2 rings (SSSR count). The lowest BCUT2D eigenvalue weighted by molar-refractivity contribution is -0.140. The van der Waals surface area contributed by atoms with Gasteiger partial charge < -0.3 is 10.8 Å². The van der Waals surface area contributed by atoms with Gasteiger partial charge in [-0.3, -0.25) is 9.69 Å². The van der Waals surface area contributed by atoms with Gasteiger partial charge in [0.2, 0.25) is 5.91 Å². The van der Waals surface area contributed by atoms with E-state index in [9.17, 15) is 14.7 Å². The number of para-hydroxylation sites is 1. The summed E-state index contributed by atoms with van der Waals surface area (Å²) >= 11 is 0. The fourth-order valence-corrected chi connectivity index (χ4v) is 2.25. The van der Waals surface area contributed by atoms with Crippen LogP contribution in [0.3, 0.4) is 0 Å². The van der Waals surface area contributed by atoms with Crippen LogP contribution in [0.15, 0.2) is 24.3 Å². The highest BCUT2D eigenvalue weighted by Crippen LogP contribution is 2.35. The summed E-state index contributed by atoms with van der Waals surface area (Å²) in [6.45, 7) is 3.64. The van der Waals surface area contributed by atoms with E-state index >= 15 is 0 Å². The molecule has 0 fully saturated rings. The van der Waals surface area contributed by atoms with Gasteiger partial charge in [0.15, 0.2) is 0 Å². The number of amides is 1. The minimum Gasteiger partial charge on any atom is -0.480 e. The van der Waals surface area contributed by atoms with Crippen molar-refractivity contribution < 1.29 is 14.7 Å². The topological polar surface area (TPSA) is 83.6 Å². The first-order valence-corrected chi connectivity index (χ1v) is 6.23. The van der Waals surface area contributed by atoms with Crippen LogP contribution in [0, 0.1) is 5.41 Å². The van der Waals surface area contributed by atoms with Crippen molar-refractivity contribution in [3.63, 3.8) is 0 Å². The van der Waals surface area contributed by atoms with Crippen LogP contribution in [-0.4, -0.2) is 29.6 Å². The Morgan fingerprint density at radius 3 is 2.63 bits per heavy atom. The number of anilines is 1. The van der Waals surface area contributed by atoms with Crippen molar-refractivity contribution in [3.05, 3.63) is 29.8 Å². The molecule has 1 heterocycles. The molecule has 0 aliphatic carbocycles. The number of carboxylic acids is 1. The van der Waals surface area contributed by atoms with E-state index in [0.29, 0.717) is 12.1 Å². The van der Waals surface area contributed by atoms with Gasteiger partial charge in [0.05, 0.1) is 5.41 Å². The number of rotatable bonds is 3. The Hall–Kier alpha value is -1.88. The molecule has 1 amide bonds. The fraction of sp³-hybridized carbons (Fsp3) is 0.429. The molecule has 0 spiro atoms. The van der Waals surface area contributed by atoms with E-state index in [1.54, 1.807) is 26.0 Å². The highest BCUT2D eigenvalue weighted by molar-refractivity contribution is 6.04. The summed E-state index contributed by atoms with van der Waals surface area (Å²) in [5.41, 5.74) is 6.42. The van der Waals surface area contributed by atoms with Crippen molar-refractivity contribution in [2.24, 2.45) is 11.1 Å². The Morgan fingerprint density at radius 1 is 1.42 bits per heavy atom. The first-order chi connectivity index (χ1) is 8.88. The standard InChI is InChI=1S/C14H18N2O3/c1-14(2,8-15)13(19)16-10-6-4-3-5-9(10)7-11(16)12(17)18/h3-6,11H,7-8,15H2,1-2H3,(H,17,18)/t11-/m0/s1. The second-order valence-electron chi connectivity index (χ2n) is 5.45. The summed E-state index contributed by atoms with van der Waals surface area (Å²) in [6.07, 6.45) is 0.345. The van der Waals surface area contributed by atoms with Crippen molar-refractivity contribution >= 4 is 17.6 Å². The van der Waals surface area contributed by atoms with Gasteiger partial charge in [0.1, 0.15) is 6.04 Å². The zero-order chi connectivity index (χ0) is 14.2. The average Bonchev–Trinajstić information content (AvgIpc) is 2.77. The maximum Gasteiger partial charge on any atom is 0.327 e. The average molecular weight is 262 g/mol. The molecule has 5 nitrogen and oxygen atoms in total. The SMILES string of the molecule is CC(C)(CN)C(=O)N1c2ccccc2C[C@H]1C(=O)O. The normalized spacial score (nSPS) is 18.3. The minimum atomic E-state index is -0.989. The molecule has 102 valence electrons. The molecule has 5 heteroatoms. The molecule has 1 aromatic carbocycles. The van der Waals surface area contributed by atoms with Gasteiger partial charge in [-0.1, -0.05) is 18.2 Å². The quantitative estimate of drug-likeness (QED) is 0.851. The van der Waals surface area contributed by atoms with Gasteiger partial charge in [0, 0.05) is 18.7 Å². The summed E-state index contributed by atoms with van der Waals surface area (Å²) in [6, 6.07) is 6.45. The maximum atomic E-state index is 12.6. The number of hydrogen-bond donors (Lipinski definition) is 2. The van der Waals surface area contributed by atoms with Crippen LogP contribution >= 0.6 is 0 Å². The fourth-order valence-electron chi connectivity index (χ4n) is 2.25. The van der Waals surface area contributed by atoms with Crippen molar-refractivity contribution in [1.82, 2.24) is 0 Å². The maximum absolute atomic E-state index is 12.6. The molecule has 0 saturated carbocycles. The van der Waals surface area contributed by atoms with Gasteiger partial charge >= 0.3 is 5.97 Å². The summed E-state index contributed by atoms with van der Waals surface area (Å²) in [4.78, 5) is 25.3. The van der Waals surface area contributed by atoms with E-state index < -0.39 is 17.4 Å². The molecule has 0 unspecified atom stereocenters. The van der Waals surface area contributed by atoms with E-state index in [-0.39, 0.29) is 12.5 Å². The molecule has 0 radical (unpaired) electrons. The summed E-state index contributed by atoms with van der Waals surface area (Å²) in [5.74, 6) is -1.23. The van der Waals surface area contributed by atoms with E-state index in [1.165, 1.54) is 4.90 Å². The number of nitrogens with zero attached hydrogens (tertiary/aromatic N) is 1. The molecule has 1 aliphatic heterocycles. The molecular weight excluding hydrogens is 244 g/mol. The van der Waals surface area contributed by atoms with E-state index in [0.717, 1.165) is 5.56 Å². The van der Waals surface area contributed by atoms with Crippen LogP contribution in [0.1, 0.15) is 19.4 Å². The van der Waals surface area contributed by atoms with Crippen molar-refractivity contribution in [3.8, 4) is 0 Å². The van der Waals surface area contributed by atoms with Crippen LogP contribution in [0.4, 0.5) is 5.69 Å². The lowest BCUT2D eigenvalue weighted by Gasteiger charge is -2.31. The largest absolute Gasteiger partial charge is 0.480 e.